The van der Waals surface area contributed by atoms with Gasteiger partial charge in [0.05, 0.1) is 24.7 Å². The molecule has 0 bridgehead atoms. The van der Waals surface area contributed by atoms with Crippen LogP contribution in [0.5, 0.6) is 5.75 Å². The molecule has 7 nitrogen and oxygen atoms in total. The summed E-state index contributed by atoms with van der Waals surface area (Å²) in [6.45, 7) is 1.93. The molecule has 144 valence electrons. The highest BCUT2D eigenvalue weighted by molar-refractivity contribution is 5.58. The van der Waals surface area contributed by atoms with Crippen LogP contribution < -0.4 is 15.4 Å². The Bertz CT molecular complexity index is 895. The summed E-state index contributed by atoms with van der Waals surface area (Å²) in [5.41, 5.74) is 3.69. The Morgan fingerprint density at radius 3 is 2.68 bits per heavy atom. The monoisotopic (exact) mass is 376 g/mol. The Balaban J connectivity index is 1.59. The lowest BCUT2D eigenvalue weighted by Crippen LogP contribution is -2.30. The van der Waals surface area contributed by atoms with Gasteiger partial charge in [-0.2, -0.15) is 0 Å². The quantitative estimate of drug-likeness (QED) is 0.656. The third-order valence-corrected chi connectivity index (χ3v) is 4.91. The summed E-state index contributed by atoms with van der Waals surface area (Å²) in [7, 11) is 1.67. The first-order valence-electron chi connectivity index (χ1n) is 9.53. The van der Waals surface area contributed by atoms with E-state index in [1.165, 1.54) is 19.2 Å². The van der Waals surface area contributed by atoms with Gasteiger partial charge < -0.3 is 15.4 Å². The third-order valence-electron chi connectivity index (χ3n) is 4.91. The van der Waals surface area contributed by atoms with Crippen molar-refractivity contribution in [2.24, 2.45) is 0 Å². The van der Waals surface area contributed by atoms with Crippen molar-refractivity contribution in [1.29, 1.82) is 0 Å². The lowest BCUT2D eigenvalue weighted by Gasteiger charge is -2.15. The lowest BCUT2D eigenvalue weighted by atomic mass is 10.1. The number of methoxy groups -OCH3 is 1. The lowest BCUT2D eigenvalue weighted by molar-refractivity contribution is 0.414. The molecule has 3 heterocycles. The molecular formula is C21H24N6O. The molecule has 1 fully saturated rings. The fourth-order valence-electron chi connectivity index (χ4n) is 3.36. The number of hydrogen-bond donors (Lipinski definition) is 2. The van der Waals surface area contributed by atoms with Crippen LogP contribution in [-0.2, 0) is 6.42 Å². The second-order valence-corrected chi connectivity index (χ2v) is 6.88. The summed E-state index contributed by atoms with van der Waals surface area (Å²) in [4.78, 5) is 17.7. The second kappa shape index (κ2) is 8.75. The maximum atomic E-state index is 5.25. The summed E-state index contributed by atoms with van der Waals surface area (Å²) in [6.07, 6.45) is 9.89. The molecule has 3 aromatic rings. The molecule has 0 saturated carbocycles. The highest BCUT2D eigenvalue weighted by atomic mass is 16.5. The molecule has 1 aromatic carbocycles. The first-order chi connectivity index (χ1) is 13.8. The van der Waals surface area contributed by atoms with E-state index in [1.807, 2.05) is 12.1 Å². The van der Waals surface area contributed by atoms with Gasteiger partial charge in [-0.05, 0) is 37.1 Å². The van der Waals surface area contributed by atoms with Crippen LogP contribution in [0.15, 0.2) is 49.2 Å². The van der Waals surface area contributed by atoms with Gasteiger partial charge in [0.1, 0.15) is 17.9 Å². The Kier molecular flexibility index (Phi) is 5.72. The molecule has 2 aromatic heterocycles. The average molecular weight is 376 g/mol. The van der Waals surface area contributed by atoms with E-state index in [-0.39, 0.29) is 0 Å². The highest BCUT2D eigenvalue weighted by Gasteiger charge is 2.16. The molecule has 0 amide bonds. The zero-order valence-electron chi connectivity index (χ0n) is 15.9. The molecule has 0 unspecified atom stereocenters. The van der Waals surface area contributed by atoms with Crippen LogP contribution in [0.25, 0.3) is 11.3 Å². The number of rotatable bonds is 7. The molecule has 1 aliphatic heterocycles. The number of ether oxygens (including phenoxy) is 1. The van der Waals surface area contributed by atoms with Gasteiger partial charge in [-0.15, -0.1) is 0 Å². The van der Waals surface area contributed by atoms with E-state index >= 15 is 0 Å². The van der Waals surface area contributed by atoms with Gasteiger partial charge in [0, 0.05) is 37.0 Å². The highest BCUT2D eigenvalue weighted by Crippen LogP contribution is 2.22. The van der Waals surface area contributed by atoms with Crippen LogP contribution in [0.2, 0.25) is 0 Å². The minimum Gasteiger partial charge on any atom is -0.497 e. The van der Waals surface area contributed by atoms with Gasteiger partial charge >= 0.3 is 0 Å². The summed E-state index contributed by atoms with van der Waals surface area (Å²) in [5.74, 6) is 1.67. The van der Waals surface area contributed by atoms with Crippen LogP contribution in [0.4, 0.5) is 5.82 Å². The summed E-state index contributed by atoms with van der Waals surface area (Å²) in [6, 6.07) is 8.53. The van der Waals surface area contributed by atoms with E-state index in [4.69, 9.17) is 9.72 Å². The number of nitrogens with zero attached hydrogens (tertiary/aromatic N) is 4. The van der Waals surface area contributed by atoms with Gasteiger partial charge in [-0.25, -0.2) is 19.9 Å². The minimum atomic E-state index is 0.484. The van der Waals surface area contributed by atoms with Crippen molar-refractivity contribution < 1.29 is 4.74 Å². The summed E-state index contributed by atoms with van der Waals surface area (Å²) >= 11 is 0. The van der Waals surface area contributed by atoms with E-state index in [0.29, 0.717) is 12.5 Å². The van der Waals surface area contributed by atoms with Gasteiger partial charge in [0.25, 0.3) is 0 Å². The molecular weight excluding hydrogens is 352 g/mol. The SMILES string of the molecule is COc1ccc(Cc2nc(-c3cncnc3)cnc2NC[C@@H]2CCCN2)cc1. The maximum Gasteiger partial charge on any atom is 0.148 e. The van der Waals surface area contributed by atoms with Crippen molar-refractivity contribution >= 4 is 5.82 Å². The van der Waals surface area contributed by atoms with Gasteiger partial charge in [-0.1, -0.05) is 12.1 Å². The number of nitrogens with one attached hydrogen (secondary N) is 2. The van der Waals surface area contributed by atoms with Crippen molar-refractivity contribution in [2.45, 2.75) is 25.3 Å². The van der Waals surface area contributed by atoms with Gasteiger partial charge in [0.2, 0.25) is 0 Å². The molecule has 28 heavy (non-hydrogen) atoms. The fraction of sp³-hybridized carbons (Fsp3) is 0.333. The van der Waals surface area contributed by atoms with Crippen LogP contribution >= 0.6 is 0 Å². The number of anilines is 1. The van der Waals surface area contributed by atoms with Crippen molar-refractivity contribution in [3.8, 4) is 17.0 Å². The van der Waals surface area contributed by atoms with E-state index in [2.05, 4.69) is 37.7 Å². The average Bonchev–Trinajstić information content (AvgIpc) is 3.28. The number of hydrogen-bond acceptors (Lipinski definition) is 7. The van der Waals surface area contributed by atoms with E-state index < -0.39 is 0 Å². The normalized spacial score (nSPS) is 16.1. The fourth-order valence-corrected chi connectivity index (χ4v) is 3.36. The minimum absolute atomic E-state index is 0.484. The van der Waals surface area contributed by atoms with Crippen LogP contribution in [0.3, 0.4) is 0 Å². The zero-order chi connectivity index (χ0) is 19.2. The Morgan fingerprint density at radius 1 is 1.14 bits per heavy atom. The topological polar surface area (TPSA) is 84.9 Å². The maximum absolute atomic E-state index is 5.25. The van der Waals surface area contributed by atoms with Crippen LogP contribution in [0.1, 0.15) is 24.1 Å². The predicted octanol–water partition coefficient (Wildman–Crippen LogP) is 2.70. The largest absolute Gasteiger partial charge is 0.497 e. The predicted molar refractivity (Wildman–Crippen MR) is 108 cm³/mol. The van der Waals surface area contributed by atoms with Crippen molar-refractivity contribution in [1.82, 2.24) is 25.3 Å². The molecule has 0 aliphatic carbocycles. The molecule has 4 rings (SSSR count). The van der Waals surface area contributed by atoms with Crippen LogP contribution in [0, 0.1) is 0 Å². The second-order valence-electron chi connectivity index (χ2n) is 6.88. The third kappa shape index (κ3) is 4.43. The van der Waals surface area contributed by atoms with E-state index in [0.717, 1.165) is 47.2 Å². The zero-order valence-corrected chi connectivity index (χ0v) is 15.9. The van der Waals surface area contributed by atoms with Gasteiger partial charge in [0.15, 0.2) is 0 Å². The molecule has 1 saturated heterocycles. The Hall–Kier alpha value is -3.06. The molecule has 0 radical (unpaired) electrons. The standard InChI is InChI=1S/C21H24N6O/c1-28-18-6-4-15(5-7-18)9-19-21(25-12-17-3-2-8-24-17)26-13-20(27-19)16-10-22-14-23-11-16/h4-7,10-11,13-14,17,24H,2-3,8-9,12H2,1H3,(H,25,26)/t17-/m0/s1. The van der Waals surface area contributed by atoms with Crippen molar-refractivity contribution in [3.05, 3.63) is 60.4 Å². The Morgan fingerprint density at radius 2 is 1.96 bits per heavy atom. The molecule has 1 atom stereocenters. The summed E-state index contributed by atoms with van der Waals surface area (Å²) < 4.78 is 5.25. The Labute approximate surface area is 164 Å². The van der Waals surface area contributed by atoms with E-state index in [1.54, 1.807) is 25.7 Å². The first kappa shape index (κ1) is 18.3. The molecule has 7 heteroatoms. The van der Waals surface area contributed by atoms with Crippen molar-refractivity contribution in [2.75, 3.05) is 25.5 Å². The smallest absolute Gasteiger partial charge is 0.148 e. The first-order valence-corrected chi connectivity index (χ1v) is 9.53. The van der Waals surface area contributed by atoms with Gasteiger partial charge in [-0.3, -0.25) is 0 Å². The number of aromatic nitrogens is 4. The summed E-state index contributed by atoms with van der Waals surface area (Å²) in [5, 5.41) is 6.99. The number of benzene rings is 1. The molecule has 0 spiro atoms. The van der Waals surface area contributed by atoms with Crippen LogP contribution in [-0.4, -0.2) is 46.2 Å². The van der Waals surface area contributed by atoms with Crippen molar-refractivity contribution in [3.63, 3.8) is 0 Å². The van der Waals surface area contributed by atoms with E-state index in [9.17, 15) is 0 Å². The molecule has 1 aliphatic rings. The molecule has 2 N–H and O–H groups in total.